The Morgan fingerprint density at radius 1 is 1.26 bits per heavy atom. The quantitative estimate of drug-likeness (QED) is 0.744. The molecule has 27 heavy (non-hydrogen) atoms. The second-order valence-corrected chi connectivity index (χ2v) is 7.86. The highest BCUT2D eigenvalue weighted by Crippen LogP contribution is 2.31. The predicted octanol–water partition coefficient (Wildman–Crippen LogP) is 4.80. The zero-order valence-corrected chi connectivity index (χ0v) is 16.8. The lowest BCUT2D eigenvalue weighted by Gasteiger charge is -2.22. The molecule has 0 bridgehead atoms. The van der Waals surface area contributed by atoms with Crippen LogP contribution in [0.25, 0.3) is 0 Å². The lowest BCUT2D eigenvalue weighted by molar-refractivity contribution is -0.123. The van der Waals surface area contributed by atoms with E-state index in [9.17, 15) is 9.59 Å². The summed E-state index contributed by atoms with van der Waals surface area (Å²) in [6, 6.07) is 12.7. The van der Waals surface area contributed by atoms with Crippen LogP contribution in [0.4, 0.5) is 11.4 Å². The van der Waals surface area contributed by atoms with Crippen LogP contribution in [-0.4, -0.2) is 22.2 Å². The molecule has 1 aliphatic heterocycles. The Labute approximate surface area is 171 Å². The molecule has 0 aromatic heterocycles. The molecule has 2 aromatic rings. The summed E-state index contributed by atoms with van der Waals surface area (Å²) in [5.41, 5.74) is 2.33. The third kappa shape index (κ3) is 5.03. The molecule has 5 nitrogen and oxygen atoms in total. The molecule has 0 unspecified atom stereocenters. The van der Waals surface area contributed by atoms with Crippen molar-refractivity contribution in [3.05, 3.63) is 58.1 Å². The molecule has 1 heterocycles. The molecule has 1 fully saturated rings. The fraction of sp³-hybridized carbons (Fsp3) is 0.211. The van der Waals surface area contributed by atoms with Gasteiger partial charge in [0, 0.05) is 6.42 Å². The van der Waals surface area contributed by atoms with Crippen LogP contribution >= 0.6 is 35.0 Å². The van der Waals surface area contributed by atoms with Crippen molar-refractivity contribution in [1.82, 2.24) is 5.32 Å². The maximum Gasteiger partial charge on any atom is 0.238 e. The van der Waals surface area contributed by atoms with Crippen LogP contribution in [-0.2, 0) is 16.0 Å². The topological polar surface area (TPSA) is 70.6 Å². The molecule has 0 saturated carbocycles. The van der Waals surface area contributed by atoms with E-state index in [0.29, 0.717) is 21.6 Å². The van der Waals surface area contributed by atoms with Gasteiger partial charge in [-0.3, -0.25) is 9.59 Å². The summed E-state index contributed by atoms with van der Waals surface area (Å²) in [6.45, 7) is 2.08. The second-order valence-electron chi connectivity index (χ2n) is 5.89. The van der Waals surface area contributed by atoms with Crippen LogP contribution in [0, 0.1) is 0 Å². The van der Waals surface area contributed by atoms with E-state index in [4.69, 9.17) is 23.2 Å². The fourth-order valence-electron chi connectivity index (χ4n) is 2.48. The number of nitrogens with one attached hydrogen (secondary N) is 2. The highest BCUT2D eigenvalue weighted by molar-refractivity contribution is 8.15. The molecule has 3 rings (SSSR count). The van der Waals surface area contributed by atoms with E-state index in [1.165, 1.54) is 17.3 Å². The number of hydrogen-bond donors (Lipinski definition) is 2. The number of rotatable bonds is 4. The van der Waals surface area contributed by atoms with Crippen molar-refractivity contribution in [2.75, 3.05) is 5.32 Å². The van der Waals surface area contributed by atoms with Gasteiger partial charge in [0.15, 0.2) is 5.17 Å². The van der Waals surface area contributed by atoms with Crippen molar-refractivity contribution in [2.24, 2.45) is 4.99 Å². The SMILES string of the molecule is CCc1ccc(N=C2NC(=O)C[C@@H](C(=O)Nc3cccc(Cl)c3Cl)S2)cc1. The van der Waals surface area contributed by atoms with Gasteiger partial charge in [-0.1, -0.05) is 60.1 Å². The largest absolute Gasteiger partial charge is 0.324 e. The van der Waals surface area contributed by atoms with Crippen LogP contribution < -0.4 is 10.6 Å². The highest BCUT2D eigenvalue weighted by atomic mass is 35.5. The number of halogens is 2. The summed E-state index contributed by atoms with van der Waals surface area (Å²) in [6.07, 6.45) is 0.999. The van der Waals surface area contributed by atoms with Crippen LogP contribution in [0.15, 0.2) is 47.5 Å². The second kappa shape index (κ2) is 8.78. The van der Waals surface area contributed by atoms with E-state index in [2.05, 4.69) is 22.5 Å². The zero-order chi connectivity index (χ0) is 19.4. The van der Waals surface area contributed by atoms with E-state index in [1.807, 2.05) is 24.3 Å². The average molecular weight is 422 g/mol. The normalized spacial score (nSPS) is 18.3. The smallest absolute Gasteiger partial charge is 0.238 e. The summed E-state index contributed by atoms with van der Waals surface area (Å²) in [5, 5.41) is 5.84. The first kappa shape index (κ1) is 19.7. The number of aliphatic imine (C=N–C) groups is 1. The van der Waals surface area contributed by atoms with E-state index >= 15 is 0 Å². The van der Waals surface area contributed by atoms with Gasteiger partial charge >= 0.3 is 0 Å². The number of hydrogen-bond acceptors (Lipinski definition) is 4. The van der Waals surface area contributed by atoms with Gasteiger partial charge in [-0.25, -0.2) is 4.99 Å². The molecule has 0 radical (unpaired) electrons. The number of carbonyl (C=O) groups excluding carboxylic acids is 2. The van der Waals surface area contributed by atoms with Gasteiger partial charge in [0.05, 0.1) is 21.4 Å². The summed E-state index contributed by atoms with van der Waals surface area (Å²) in [7, 11) is 0. The van der Waals surface area contributed by atoms with Gasteiger partial charge in [0.1, 0.15) is 5.25 Å². The van der Waals surface area contributed by atoms with Crippen LogP contribution in [0.5, 0.6) is 0 Å². The van der Waals surface area contributed by atoms with Crippen molar-refractivity contribution in [2.45, 2.75) is 25.0 Å². The maximum absolute atomic E-state index is 12.6. The minimum atomic E-state index is -0.609. The molecule has 140 valence electrons. The van der Waals surface area contributed by atoms with Crippen molar-refractivity contribution in [1.29, 1.82) is 0 Å². The molecule has 0 aliphatic carbocycles. The highest BCUT2D eigenvalue weighted by Gasteiger charge is 2.30. The number of benzene rings is 2. The monoisotopic (exact) mass is 421 g/mol. The van der Waals surface area contributed by atoms with Gasteiger partial charge in [-0.05, 0) is 36.2 Å². The van der Waals surface area contributed by atoms with Crippen molar-refractivity contribution < 1.29 is 9.59 Å². The third-order valence-corrected chi connectivity index (χ3v) is 5.85. The van der Waals surface area contributed by atoms with Crippen LogP contribution in [0.3, 0.4) is 0 Å². The van der Waals surface area contributed by atoms with Gasteiger partial charge in [-0.15, -0.1) is 0 Å². The van der Waals surface area contributed by atoms with Gasteiger partial charge < -0.3 is 10.6 Å². The number of nitrogens with zero attached hydrogens (tertiary/aromatic N) is 1. The number of amidine groups is 1. The molecule has 1 atom stereocenters. The van der Waals surface area contributed by atoms with Crippen LogP contribution in [0.2, 0.25) is 10.0 Å². The number of carbonyl (C=O) groups is 2. The maximum atomic E-state index is 12.6. The standard InChI is InChI=1S/C19H17Cl2N3O2S/c1-2-11-6-8-12(9-7-11)22-19-24-16(25)10-15(27-19)18(26)23-14-5-3-4-13(20)17(14)21/h3-9,15H,2,10H2,1H3,(H,23,26)(H,22,24,25)/t15-/m0/s1. The van der Waals surface area contributed by atoms with Crippen molar-refractivity contribution in [3.8, 4) is 0 Å². The zero-order valence-electron chi connectivity index (χ0n) is 14.5. The first-order valence-corrected chi connectivity index (χ1v) is 9.99. The molecule has 8 heteroatoms. The van der Waals surface area contributed by atoms with E-state index in [-0.39, 0.29) is 23.3 Å². The number of thioether (sulfide) groups is 1. The molecular formula is C19H17Cl2N3O2S. The fourth-order valence-corrected chi connectivity index (χ4v) is 3.83. The van der Waals surface area contributed by atoms with Gasteiger partial charge in [0.2, 0.25) is 11.8 Å². The first-order chi connectivity index (χ1) is 13.0. The Hall–Kier alpha value is -2.02. The molecule has 1 aliphatic rings. The summed E-state index contributed by atoms with van der Waals surface area (Å²) in [5.74, 6) is -0.580. The van der Waals surface area contributed by atoms with E-state index in [0.717, 1.165) is 6.42 Å². The van der Waals surface area contributed by atoms with E-state index < -0.39 is 5.25 Å². The Kier molecular flexibility index (Phi) is 6.42. The molecule has 2 amide bonds. The molecule has 1 saturated heterocycles. The minimum Gasteiger partial charge on any atom is -0.324 e. The molecule has 2 aromatic carbocycles. The lowest BCUT2D eigenvalue weighted by Crippen LogP contribution is -2.41. The average Bonchev–Trinajstić information content (AvgIpc) is 2.65. The van der Waals surface area contributed by atoms with Crippen molar-refractivity contribution >= 4 is 63.3 Å². The summed E-state index contributed by atoms with van der Waals surface area (Å²) in [4.78, 5) is 29.0. The number of amides is 2. The Balaban J connectivity index is 1.74. The van der Waals surface area contributed by atoms with E-state index in [1.54, 1.807) is 18.2 Å². The van der Waals surface area contributed by atoms with Crippen LogP contribution in [0.1, 0.15) is 18.9 Å². The number of aryl methyl sites for hydroxylation is 1. The molecule has 2 N–H and O–H groups in total. The summed E-state index contributed by atoms with van der Waals surface area (Å²) < 4.78 is 0. The Morgan fingerprint density at radius 2 is 2.00 bits per heavy atom. The number of anilines is 1. The van der Waals surface area contributed by atoms with Gasteiger partial charge in [-0.2, -0.15) is 0 Å². The molecular weight excluding hydrogens is 405 g/mol. The van der Waals surface area contributed by atoms with Gasteiger partial charge in [0.25, 0.3) is 0 Å². The Morgan fingerprint density at radius 3 is 2.70 bits per heavy atom. The first-order valence-electron chi connectivity index (χ1n) is 8.35. The Bertz CT molecular complexity index is 900. The predicted molar refractivity (Wildman–Crippen MR) is 112 cm³/mol. The van der Waals surface area contributed by atoms with Crippen molar-refractivity contribution in [3.63, 3.8) is 0 Å². The molecule has 0 spiro atoms. The lowest BCUT2D eigenvalue weighted by atomic mass is 10.2. The minimum absolute atomic E-state index is 0.0580. The summed E-state index contributed by atoms with van der Waals surface area (Å²) >= 11 is 13.3. The third-order valence-electron chi connectivity index (χ3n) is 3.95.